The normalized spacial score (nSPS) is 20.4. The summed E-state index contributed by atoms with van der Waals surface area (Å²) in [4.78, 5) is 18.8. The number of benzene rings is 1. The molecular formula is C19H22N4O. The number of rotatable bonds is 3. The molecule has 0 aliphatic carbocycles. The van der Waals surface area contributed by atoms with Crippen LogP contribution in [0.25, 0.3) is 0 Å². The average Bonchev–Trinajstić information content (AvgIpc) is 3.08. The molecule has 2 N–H and O–H groups in total. The van der Waals surface area contributed by atoms with Crippen molar-refractivity contribution in [2.75, 3.05) is 22.1 Å². The first-order valence-electron chi connectivity index (χ1n) is 8.46. The van der Waals surface area contributed by atoms with E-state index in [-0.39, 0.29) is 12.1 Å². The van der Waals surface area contributed by atoms with Crippen molar-refractivity contribution in [3.05, 3.63) is 47.8 Å². The van der Waals surface area contributed by atoms with Crippen LogP contribution < -0.4 is 15.5 Å². The van der Waals surface area contributed by atoms with Crippen LogP contribution in [0.1, 0.15) is 44.5 Å². The summed E-state index contributed by atoms with van der Waals surface area (Å²) < 4.78 is 0. The Morgan fingerprint density at radius 1 is 1.17 bits per heavy atom. The minimum atomic E-state index is -0.476. The van der Waals surface area contributed by atoms with Gasteiger partial charge in [-0.05, 0) is 55.7 Å². The van der Waals surface area contributed by atoms with Gasteiger partial charge < -0.3 is 15.5 Å². The Labute approximate surface area is 142 Å². The van der Waals surface area contributed by atoms with E-state index in [2.05, 4.69) is 34.7 Å². The smallest absolute Gasteiger partial charge is 0.237 e. The van der Waals surface area contributed by atoms with Crippen LogP contribution in [0.15, 0.2) is 36.7 Å². The number of amides is 1. The Morgan fingerprint density at radius 3 is 2.50 bits per heavy atom. The molecule has 0 saturated carbocycles. The molecule has 1 atom stereocenters. The van der Waals surface area contributed by atoms with Crippen molar-refractivity contribution < 1.29 is 4.79 Å². The number of nitrogens with one attached hydrogen (secondary N) is 2. The minimum Gasteiger partial charge on any atom is -0.360 e. The lowest BCUT2D eigenvalue weighted by Crippen LogP contribution is -2.36. The number of aromatic nitrogens is 1. The van der Waals surface area contributed by atoms with Gasteiger partial charge in [0.25, 0.3) is 0 Å². The number of nitrogens with zero attached hydrogens (tertiary/aromatic N) is 2. The molecule has 2 aliphatic rings. The standard InChI is InChI=1S/C19H22N4O/c1-4-9-23-16-11-15-14(10-13(16)19(2,3)18(23)24)21-17(22-15)12-5-7-20-8-6-12/h5-8,10-11,17,21-22H,4,9H2,1-3H3. The number of carbonyl (C=O) groups is 1. The summed E-state index contributed by atoms with van der Waals surface area (Å²) in [6.45, 7) is 6.89. The highest BCUT2D eigenvalue weighted by molar-refractivity contribution is 6.09. The predicted octanol–water partition coefficient (Wildman–Crippen LogP) is 3.65. The van der Waals surface area contributed by atoms with Crippen molar-refractivity contribution in [3.63, 3.8) is 0 Å². The molecule has 0 spiro atoms. The number of carbonyl (C=O) groups excluding carboxylic acids is 1. The topological polar surface area (TPSA) is 57.3 Å². The Bertz CT molecular complexity index is 801. The van der Waals surface area contributed by atoms with Crippen LogP contribution in [0.5, 0.6) is 0 Å². The van der Waals surface area contributed by atoms with Crippen LogP contribution in [0, 0.1) is 0 Å². The minimum absolute atomic E-state index is 0.0314. The zero-order valence-electron chi connectivity index (χ0n) is 14.3. The molecule has 0 saturated heterocycles. The van der Waals surface area contributed by atoms with Gasteiger partial charge in [0.2, 0.25) is 5.91 Å². The van der Waals surface area contributed by atoms with Crippen LogP contribution in [0.2, 0.25) is 0 Å². The highest BCUT2D eigenvalue weighted by Gasteiger charge is 2.44. The molecule has 1 unspecified atom stereocenters. The third-order valence-corrected chi connectivity index (χ3v) is 4.97. The van der Waals surface area contributed by atoms with Crippen molar-refractivity contribution in [1.82, 2.24) is 4.98 Å². The summed E-state index contributed by atoms with van der Waals surface area (Å²) in [7, 11) is 0. The van der Waals surface area contributed by atoms with Crippen LogP contribution in [-0.2, 0) is 10.2 Å². The molecule has 2 aromatic rings. The molecule has 5 nitrogen and oxygen atoms in total. The second kappa shape index (κ2) is 5.23. The SMILES string of the molecule is CCCN1C(=O)C(C)(C)c2cc3c(cc21)NC(c1ccncc1)N3. The number of hydrogen-bond donors (Lipinski definition) is 2. The summed E-state index contributed by atoms with van der Waals surface area (Å²) in [6.07, 6.45) is 4.58. The van der Waals surface area contributed by atoms with Gasteiger partial charge in [0.05, 0.1) is 22.5 Å². The largest absolute Gasteiger partial charge is 0.360 e. The molecule has 24 heavy (non-hydrogen) atoms. The van der Waals surface area contributed by atoms with E-state index in [1.807, 2.05) is 30.9 Å². The maximum Gasteiger partial charge on any atom is 0.237 e. The lowest BCUT2D eigenvalue weighted by Gasteiger charge is -2.19. The summed E-state index contributed by atoms with van der Waals surface area (Å²) in [5.74, 6) is 0.189. The molecule has 0 bridgehead atoms. The fraction of sp³-hybridized carbons (Fsp3) is 0.368. The first-order chi connectivity index (χ1) is 11.5. The van der Waals surface area contributed by atoms with Crippen LogP contribution in [0.4, 0.5) is 17.1 Å². The maximum atomic E-state index is 12.8. The fourth-order valence-electron chi connectivity index (χ4n) is 3.63. The van der Waals surface area contributed by atoms with E-state index in [1.165, 1.54) is 0 Å². The van der Waals surface area contributed by atoms with Gasteiger partial charge in [0, 0.05) is 18.9 Å². The molecule has 124 valence electrons. The zero-order valence-corrected chi connectivity index (χ0v) is 14.3. The third kappa shape index (κ3) is 2.08. The van der Waals surface area contributed by atoms with E-state index in [4.69, 9.17) is 0 Å². The lowest BCUT2D eigenvalue weighted by atomic mass is 9.86. The van der Waals surface area contributed by atoms with Gasteiger partial charge in [-0.3, -0.25) is 9.78 Å². The van der Waals surface area contributed by atoms with Gasteiger partial charge in [-0.1, -0.05) is 6.92 Å². The lowest BCUT2D eigenvalue weighted by molar-refractivity contribution is -0.122. The molecule has 1 amide bonds. The predicted molar refractivity (Wildman–Crippen MR) is 96.3 cm³/mol. The Hall–Kier alpha value is -2.56. The summed E-state index contributed by atoms with van der Waals surface area (Å²) in [5.41, 5.74) is 4.90. The Morgan fingerprint density at radius 2 is 1.83 bits per heavy atom. The quantitative estimate of drug-likeness (QED) is 0.905. The second-order valence-corrected chi connectivity index (χ2v) is 7.00. The van der Waals surface area contributed by atoms with E-state index in [9.17, 15) is 4.79 Å². The first-order valence-corrected chi connectivity index (χ1v) is 8.46. The Balaban J connectivity index is 1.73. The second-order valence-electron chi connectivity index (χ2n) is 7.00. The number of fused-ring (bicyclic) bond motifs is 2. The van der Waals surface area contributed by atoms with Crippen molar-refractivity contribution in [2.45, 2.75) is 38.8 Å². The van der Waals surface area contributed by atoms with E-state index in [0.29, 0.717) is 0 Å². The van der Waals surface area contributed by atoms with Gasteiger partial charge in [-0.15, -0.1) is 0 Å². The van der Waals surface area contributed by atoms with Gasteiger partial charge >= 0.3 is 0 Å². The first kappa shape index (κ1) is 15.0. The molecule has 0 radical (unpaired) electrons. The van der Waals surface area contributed by atoms with Crippen molar-refractivity contribution >= 4 is 23.0 Å². The van der Waals surface area contributed by atoms with Gasteiger partial charge in [-0.2, -0.15) is 0 Å². The monoisotopic (exact) mass is 322 g/mol. The van der Waals surface area contributed by atoms with Gasteiger partial charge in [0.1, 0.15) is 6.17 Å². The van der Waals surface area contributed by atoms with E-state index >= 15 is 0 Å². The van der Waals surface area contributed by atoms with E-state index in [1.54, 1.807) is 12.4 Å². The molecule has 1 aromatic carbocycles. The van der Waals surface area contributed by atoms with Crippen molar-refractivity contribution in [2.24, 2.45) is 0 Å². The number of anilines is 3. The molecule has 1 aromatic heterocycles. The number of pyridine rings is 1. The molecule has 4 rings (SSSR count). The van der Waals surface area contributed by atoms with E-state index in [0.717, 1.165) is 41.2 Å². The summed E-state index contributed by atoms with van der Waals surface area (Å²) in [5, 5.41) is 7.02. The molecule has 3 heterocycles. The average molecular weight is 322 g/mol. The number of hydrogen-bond acceptors (Lipinski definition) is 4. The molecule has 0 fully saturated rings. The maximum absolute atomic E-state index is 12.8. The van der Waals surface area contributed by atoms with Crippen LogP contribution >= 0.6 is 0 Å². The van der Waals surface area contributed by atoms with Gasteiger partial charge in [0.15, 0.2) is 0 Å². The van der Waals surface area contributed by atoms with Gasteiger partial charge in [-0.25, -0.2) is 0 Å². The van der Waals surface area contributed by atoms with Crippen LogP contribution in [0.3, 0.4) is 0 Å². The fourth-order valence-corrected chi connectivity index (χ4v) is 3.63. The highest BCUT2D eigenvalue weighted by Crippen LogP contribution is 2.48. The highest BCUT2D eigenvalue weighted by atomic mass is 16.2. The molecule has 5 heteroatoms. The summed E-state index contributed by atoms with van der Waals surface area (Å²) in [6, 6.07) is 8.25. The molecular weight excluding hydrogens is 300 g/mol. The van der Waals surface area contributed by atoms with Crippen LogP contribution in [-0.4, -0.2) is 17.4 Å². The molecule has 2 aliphatic heterocycles. The Kier molecular flexibility index (Phi) is 3.27. The van der Waals surface area contributed by atoms with E-state index < -0.39 is 5.41 Å². The van der Waals surface area contributed by atoms with Crippen molar-refractivity contribution in [3.8, 4) is 0 Å². The zero-order chi connectivity index (χ0) is 16.9. The summed E-state index contributed by atoms with van der Waals surface area (Å²) >= 11 is 0. The van der Waals surface area contributed by atoms with Crippen molar-refractivity contribution in [1.29, 1.82) is 0 Å². The third-order valence-electron chi connectivity index (χ3n) is 4.97.